The van der Waals surface area contributed by atoms with Gasteiger partial charge in [0.15, 0.2) is 0 Å². The van der Waals surface area contributed by atoms with Gasteiger partial charge >= 0.3 is 0 Å². The molecule has 0 atom stereocenters. The van der Waals surface area contributed by atoms with Crippen LogP contribution in [0.3, 0.4) is 0 Å². The van der Waals surface area contributed by atoms with Gasteiger partial charge < -0.3 is 11.1 Å². The third-order valence-electron chi connectivity index (χ3n) is 3.69. The van der Waals surface area contributed by atoms with Gasteiger partial charge in [-0.25, -0.2) is 4.39 Å². The molecule has 0 bridgehead atoms. The second-order valence-electron chi connectivity index (χ2n) is 5.31. The van der Waals surface area contributed by atoms with Gasteiger partial charge in [0.25, 0.3) is 0 Å². The van der Waals surface area contributed by atoms with E-state index in [1.165, 1.54) is 12.1 Å². The van der Waals surface area contributed by atoms with Crippen molar-refractivity contribution in [1.29, 1.82) is 0 Å². The van der Waals surface area contributed by atoms with Crippen molar-refractivity contribution in [3.63, 3.8) is 0 Å². The van der Waals surface area contributed by atoms with Crippen LogP contribution in [-0.2, 0) is 11.2 Å². The number of amides is 1. The molecule has 0 aromatic heterocycles. The Balaban J connectivity index is 0.00000200. The number of benzene rings is 1. The van der Waals surface area contributed by atoms with Crippen LogP contribution in [-0.4, -0.2) is 18.0 Å². The Morgan fingerprint density at radius 2 is 1.80 bits per heavy atom. The van der Waals surface area contributed by atoms with Crippen LogP contribution in [0.1, 0.15) is 37.7 Å². The maximum Gasteiger partial charge on any atom is 0.220 e. The highest BCUT2D eigenvalue weighted by Crippen LogP contribution is 2.17. The number of nitrogens with one attached hydrogen (secondary N) is 1. The molecule has 3 nitrogen and oxygen atoms in total. The number of nitrogens with two attached hydrogens (primary N) is 1. The van der Waals surface area contributed by atoms with Crippen molar-refractivity contribution in [3.05, 3.63) is 35.6 Å². The summed E-state index contributed by atoms with van der Waals surface area (Å²) in [5, 5.41) is 3.05. The molecule has 1 fully saturated rings. The first kappa shape index (κ1) is 16.9. The Bertz CT molecular complexity index is 416. The van der Waals surface area contributed by atoms with Crippen molar-refractivity contribution in [2.75, 3.05) is 0 Å². The fourth-order valence-corrected chi connectivity index (χ4v) is 2.47. The summed E-state index contributed by atoms with van der Waals surface area (Å²) in [7, 11) is 0. The minimum Gasteiger partial charge on any atom is -0.353 e. The van der Waals surface area contributed by atoms with E-state index in [0.29, 0.717) is 18.9 Å². The third-order valence-corrected chi connectivity index (χ3v) is 3.69. The summed E-state index contributed by atoms with van der Waals surface area (Å²) in [6, 6.07) is 6.88. The van der Waals surface area contributed by atoms with Crippen molar-refractivity contribution in [3.8, 4) is 0 Å². The normalized spacial score (nSPS) is 21.9. The van der Waals surface area contributed by atoms with Crippen LogP contribution in [0.2, 0.25) is 0 Å². The average molecular weight is 301 g/mol. The van der Waals surface area contributed by atoms with Crippen molar-refractivity contribution in [1.82, 2.24) is 5.32 Å². The zero-order chi connectivity index (χ0) is 13.7. The number of hydrogen-bond acceptors (Lipinski definition) is 2. The second-order valence-corrected chi connectivity index (χ2v) is 5.31. The number of hydrogen-bond donors (Lipinski definition) is 2. The lowest BCUT2D eigenvalue weighted by molar-refractivity contribution is -0.122. The molecule has 3 N–H and O–H groups in total. The molecule has 1 amide bonds. The zero-order valence-electron chi connectivity index (χ0n) is 11.5. The number of carbonyl (C=O) groups is 1. The molecule has 1 aliphatic rings. The molecule has 0 spiro atoms. The standard InChI is InChI=1S/C15H21FN2O.ClH/c16-12-4-1-11(2-5-12)3-10-15(19)18-14-8-6-13(17)7-9-14;/h1-2,4-5,13-14H,3,6-10,17H2,(H,18,19);1H. The van der Waals surface area contributed by atoms with Crippen LogP contribution >= 0.6 is 12.4 Å². The van der Waals surface area contributed by atoms with Crippen LogP contribution in [0, 0.1) is 5.82 Å². The third kappa shape index (κ3) is 5.47. The lowest BCUT2D eigenvalue weighted by atomic mass is 9.92. The Hall–Kier alpha value is -1.13. The van der Waals surface area contributed by atoms with E-state index >= 15 is 0 Å². The van der Waals surface area contributed by atoms with Gasteiger partial charge in [0.1, 0.15) is 5.82 Å². The fourth-order valence-electron chi connectivity index (χ4n) is 2.47. The maximum atomic E-state index is 12.7. The summed E-state index contributed by atoms with van der Waals surface area (Å²) in [5.74, 6) is -0.170. The van der Waals surface area contributed by atoms with Gasteiger partial charge in [-0.05, 0) is 49.8 Å². The van der Waals surface area contributed by atoms with Crippen LogP contribution in [0.25, 0.3) is 0 Å². The molecule has 1 saturated carbocycles. The van der Waals surface area contributed by atoms with Crippen molar-refractivity contribution in [2.45, 2.75) is 50.6 Å². The van der Waals surface area contributed by atoms with E-state index in [2.05, 4.69) is 5.32 Å². The van der Waals surface area contributed by atoms with Gasteiger partial charge in [0.2, 0.25) is 5.91 Å². The van der Waals surface area contributed by atoms with Crippen molar-refractivity contribution in [2.24, 2.45) is 5.73 Å². The van der Waals surface area contributed by atoms with Crippen LogP contribution in [0.4, 0.5) is 4.39 Å². The van der Waals surface area contributed by atoms with Gasteiger partial charge in [0.05, 0.1) is 0 Å². The fraction of sp³-hybridized carbons (Fsp3) is 0.533. The smallest absolute Gasteiger partial charge is 0.220 e. The minimum atomic E-state index is -0.244. The molecule has 0 heterocycles. The molecule has 0 unspecified atom stereocenters. The molecular weight excluding hydrogens is 279 g/mol. The van der Waals surface area contributed by atoms with Crippen LogP contribution < -0.4 is 11.1 Å². The summed E-state index contributed by atoms with van der Waals surface area (Å²) < 4.78 is 12.7. The quantitative estimate of drug-likeness (QED) is 0.898. The first-order valence-corrected chi connectivity index (χ1v) is 6.93. The molecule has 5 heteroatoms. The highest BCUT2D eigenvalue weighted by atomic mass is 35.5. The molecule has 0 aliphatic heterocycles. The maximum absolute atomic E-state index is 12.7. The zero-order valence-corrected chi connectivity index (χ0v) is 12.3. The number of aryl methyl sites for hydroxylation is 1. The summed E-state index contributed by atoms with van der Waals surface area (Å²) >= 11 is 0. The number of rotatable bonds is 4. The largest absolute Gasteiger partial charge is 0.353 e. The summed E-state index contributed by atoms with van der Waals surface area (Å²) in [4.78, 5) is 11.8. The molecule has 1 aromatic rings. The Labute approximate surface area is 125 Å². The van der Waals surface area contributed by atoms with E-state index < -0.39 is 0 Å². The predicted octanol–water partition coefficient (Wildman–Crippen LogP) is 2.57. The van der Waals surface area contributed by atoms with Crippen molar-refractivity contribution < 1.29 is 9.18 Å². The number of carbonyl (C=O) groups excluding carboxylic acids is 1. The first-order valence-electron chi connectivity index (χ1n) is 6.93. The summed E-state index contributed by atoms with van der Waals surface area (Å²) in [6.45, 7) is 0. The van der Waals surface area contributed by atoms with Crippen LogP contribution in [0.15, 0.2) is 24.3 Å². The minimum absolute atomic E-state index is 0. The highest BCUT2D eigenvalue weighted by Gasteiger charge is 2.19. The monoisotopic (exact) mass is 300 g/mol. The molecule has 0 radical (unpaired) electrons. The predicted molar refractivity (Wildman–Crippen MR) is 80.3 cm³/mol. The van der Waals surface area contributed by atoms with E-state index in [-0.39, 0.29) is 30.2 Å². The summed E-state index contributed by atoms with van der Waals surface area (Å²) in [6.07, 6.45) is 5.03. The topological polar surface area (TPSA) is 55.1 Å². The second kappa shape index (κ2) is 8.22. The SMILES string of the molecule is Cl.NC1CCC(NC(=O)CCc2ccc(F)cc2)CC1. The first-order chi connectivity index (χ1) is 9.13. The van der Waals surface area contributed by atoms with Gasteiger partial charge in [-0.15, -0.1) is 12.4 Å². The molecule has 20 heavy (non-hydrogen) atoms. The molecule has 112 valence electrons. The van der Waals surface area contributed by atoms with Gasteiger partial charge in [0, 0.05) is 18.5 Å². The Kier molecular flexibility index (Phi) is 6.96. The average Bonchev–Trinajstić information content (AvgIpc) is 2.41. The molecule has 1 aliphatic carbocycles. The summed E-state index contributed by atoms with van der Waals surface area (Å²) in [5.41, 5.74) is 6.82. The van der Waals surface area contributed by atoms with Gasteiger partial charge in [-0.1, -0.05) is 12.1 Å². The van der Waals surface area contributed by atoms with Crippen molar-refractivity contribution >= 4 is 18.3 Å². The molecular formula is C15H22ClFN2O. The van der Waals surface area contributed by atoms with Gasteiger partial charge in [-0.2, -0.15) is 0 Å². The van der Waals surface area contributed by atoms with E-state index in [4.69, 9.17) is 5.73 Å². The van der Waals surface area contributed by atoms with E-state index in [9.17, 15) is 9.18 Å². The van der Waals surface area contributed by atoms with Crippen LogP contribution in [0.5, 0.6) is 0 Å². The van der Waals surface area contributed by atoms with E-state index in [1.807, 2.05) is 0 Å². The highest BCUT2D eigenvalue weighted by molar-refractivity contribution is 5.85. The van der Waals surface area contributed by atoms with E-state index in [0.717, 1.165) is 31.2 Å². The Morgan fingerprint density at radius 3 is 2.40 bits per heavy atom. The lowest BCUT2D eigenvalue weighted by Gasteiger charge is -2.26. The van der Waals surface area contributed by atoms with Gasteiger partial charge in [-0.3, -0.25) is 4.79 Å². The number of halogens is 2. The molecule has 1 aromatic carbocycles. The Morgan fingerprint density at radius 1 is 1.20 bits per heavy atom. The molecule has 0 saturated heterocycles. The molecule has 2 rings (SSSR count). The van der Waals surface area contributed by atoms with E-state index in [1.54, 1.807) is 12.1 Å². The lowest BCUT2D eigenvalue weighted by Crippen LogP contribution is -2.40.